The number of hydrogen-bond acceptors (Lipinski definition) is 4. The molecule has 3 heterocycles. The van der Waals surface area contributed by atoms with Crippen molar-refractivity contribution in [3.05, 3.63) is 63.4 Å². The van der Waals surface area contributed by atoms with Crippen LogP contribution < -0.4 is 5.56 Å². The molecule has 1 amide bonds. The Bertz CT molecular complexity index is 1160. The van der Waals surface area contributed by atoms with Crippen molar-refractivity contribution in [2.75, 3.05) is 7.05 Å². The van der Waals surface area contributed by atoms with Crippen LogP contribution in [-0.4, -0.2) is 32.8 Å². The topological polar surface area (TPSA) is 81.8 Å². The fraction of sp³-hybridized carbons (Fsp3) is 0.118. The van der Waals surface area contributed by atoms with Crippen LogP contribution in [0.15, 0.2) is 40.5 Å². The molecular formula is C17H13FN4O2S. The highest BCUT2D eigenvalue weighted by Gasteiger charge is 2.16. The van der Waals surface area contributed by atoms with Crippen molar-refractivity contribution in [3.8, 4) is 0 Å². The third-order valence-electron chi connectivity index (χ3n) is 3.91. The second-order valence-corrected chi connectivity index (χ2v) is 6.64. The first-order valence-electron chi connectivity index (χ1n) is 7.51. The van der Waals surface area contributed by atoms with Crippen LogP contribution in [0.1, 0.15) is 16.3 Å². The lowest BCUT2D eigenvalue weighted by Crippen LogP contribution is -2.28. The normalized spacial score (nSPS) is 11.3. The van der Waals surface area contributed by atoms with E-state index in [0.717, 1.165) is 0 Å². The summed E-state index contributed by atoms with van der Waals surface area (Å²) in [5.74, 6) is -0.219. The van der Waals surface area contributed by atoms with E-state index < -0.39 is 0 Å². The lowest BCUT2D eigenvalue weighted by atomic mass is 10.2. The highest BCUT2D eigenvalue weighted by molar-refractivity contribution is 7.17. The molecule has 0 aliphatic heterocycles. The van der Waals surface area contributed by atoms with Gasteiger partial charge < -0.3 is 14.9 Å². The zero-order valence-electron chi connectivity index (χ0n) is 13.2. The lowest BCUT2D eigenvalue weighted by Gasteiger charge is -2.15. The predicted molar refractivity (Wildman–Crippen MR) is 94.3 cm³/mol. The molecule has 0 saturated heterocycles. The molecule has 4 rings (SSSR count). The molecule has 0 atom stereocenters. The molecule has 3 aromatic heterocycles. The minimum Gasteiger partial charge on any atom is -0.351 e. The molecule has 0 aliphatic rings. The van der Waals surface area contributed by atoms with Crippen molar-refractivity contribution in [1.82, 2.24) is 19.9 Å². The van der Waals surface area contributed by atoms with Gasteiger partial charge in [0, 0.05) is 18.0 Å². The van der Waals surface area contributed by atoms with Crippen molar-refractivity contribution in [2.24, 2.45) is 0 Å². The van der Waals surface area contributed by atoms with Gasteiger partial charge in [-0.3, -0.25) is 9.59 Å². The smallest absolute Gasteiger partial charge is 0.270 e. The fourth-order valence-corrected chi connectivity index (χ4v) is 3.44. The molecule has 4 aromatic rings. The first-order chi connectivity index (χ1) is 12.0. The Morgan fingerprint density at radius 3 is 2.96 bits per heavy atom. The zero-order valence-corrected chi connectivity index (χ0v) is 14.0. The number of benzene rings is 1. The van der Waals surface area contributed by atoms with Crippen LogP contribution in [0.2, 0.25) is 0 Å². The van der Waals surface area contributed by atoms with Gasteiger partial charge in [-0.1, -0.05) is 0 Å². The van der Waals surface area contributed by atoms with Gasteiger partial charge in [-0.05, 0) is 35.7 Å². The number of halogens is 1. The molecule has 0 unspecified atom stereocenters. The molecule has 0 aliphatic carbocycles. The van der Waals surface area contributed by atoms with Crippen molar-refractivity contribution in [3.63, 3.8) is 0 Å². The Morgan fingerprint density at radius 1 is 1.28 bits per heavy atom. The van der Waals surface area contributed by atoms with E-state index in [-0.39, 0.29) is 23.8 Å². The van der Waals surface area contributed by atoms with E-state index in [1.54, 1.807) is 30.6 Å². The number of nitrogens with zero attached hydrogens (tertiary/aromatic N) is 2. The molecule has 1 aromatic carbocycles. The number of nitrogens with one attached hydrogen (secondary N) is 2. The summed E-state index contributed by atoms with van der Waals surface area (Å²) in [6.45, 7) is 0.156. The molecular weight excluding hydrogens is 343 g/mol. The van der Waals surface area contributed by atoms with Crippen LogP contribution in [0.25, 0.3) is 21.1 Å². The summed E-state index contributed by atoms with van der Waals surface area (Å²) in [5.41, 5.74) is 1.44. The molecule has 6 nitrogen and oxygen atoms in total. The van der Waals surface area contributed by atoms with Gasteiger partial charge in [-0.15, -0.1) is 11.3 Å². The molecule has 0 spiro atoms. The summed E-state index contributed by atoms with van der Waals surface area (Å²) in [5, 5.41) is 2.43. The van der Waals surface area contributed by atoms with Crippen LogP contribution in [0, 0.1) is 5.82 Å². The number of thiophene rings is 1. The first kappa shape index (κ1) is 15.5. The van der Waals surface area contributed by atoms with Crippen molar-refractivity contribution >= 4 is 38.4 Å². The number of carbonyl (C=O) groups is 1. The van der Waals surface area contributed by atoms with Crippen LogP contribution in [0.3, 0.4) is 0 Å². The average molecular weight is 356 g/mol. The third-order valence-corrected chi connectivity index (χ3v) is 4.81. The van der Waals surface area contributed by atoms with E-state index in [2.05, 4.69) is 15.0 Å². The summed E-state index contributed by atoms with van der Waals surface area (Å²) in [6.07, 6.45) is 0. The Balaban J connectivity index is 1.61. The van der Waals surface area contributed by atoms with Gasteiger partial charge in [0.05, 0.1) is 12.1 Å². The second kappa shape index (κ2) is 5.82. The standard InChI is InChI=1S/C17H13FN4O2S/c1-22(8-14-20-12-4-5-25-15(12)16(23)21-14)17(24)13-7-9-6-10(18)2-3-11(9)19-13/h2-7,19H,8H2,1H3,(H,20,21,23). The molecule has 0 radical (unpaired) electrons. The van der Waals surface area contributed by atoms with Crippen LogP contribution in [0.5, 0.6) is 0 Å². The SMILES string of the molecule is CN(Cc1nc2ccsc2c(=O)[nH]1)C(=O)c1cc2cc(F)ccc2[nH]1. The molecule has 0 saturated carbocycles. The minimum atomic E-state index is -0.357. The van der Waals surface area contributed by atoms with Crippen LogP contribution in [-0.2, 0) is 6.54 Å². The maximum atomic E-state index is 13.3. The molecule has 0 bridgehead atoms. The molecule has 0 fully saturated rings. The average Bonchev–Trinajstić information content (AvgIpc) is 3.20. The number of amides is 1. The molecule has 25 heavy (non-hydrogen) atoms. The Labute approximate surface area is 144 Å². The number of aromatic nitrogens is 3. The molecule has 126 valence electrons. The minimum absolute atomic E-state index is 0.156. The monoisotopic (exact) mass is 356 g/mol. The maximum Gasteiger partial charge on any atom is 0.270 e. The predicted octanol–water partition coefficient (Wildman–Crippen LogP) is 2.88. The van der Waals surface area contributed by atoms with Gasteiger partial charge in [-0.2, -0.15) is 0 Å². The first-order valence-corrected chi connectivity index (χ1v) is 8.39. The maximum absolute atomic E-state index is 13.3. The van der Waals surface area contributed by atoms with Gasteiger partial charge in [0.15, 0.2) is 0 Å². The van der Waals surface area contributed by atoms with E-state index in [1.165, 1.54) is 28.4 Å². The molecule has 2 N–H and O–H groups in total. The highest BCUT2D eigenvalue weighted by atomic mass is 32.1. The van der Waals surface area contributed by atoms with Crippen LogP contribution >= 0.6 is 11.3 Å². The number of H-pyrrole nitrogens is 2. The van der Waals surface area contributed by atoms with Gasteiger partial charge in [-0.25, -0.2) is 9.37 Å². The fourth-order valence-electron chi connectivity index (χ4n) is 2.72. The van der Waals surface area contributed by atoms with E-state index in [0.29, 0.717) is 32.6 Å². The lowest BCUT2D eigenvalue weighted by molar-refractivity contribution is 0.0776. The summed E-state index contributed by atoms with van der Waals surface area (Å²) in [6, 6.07) is 7.67. The second-order valence-electron chi connectivity index (χ2n) is 5.72. The summed E-state index contributed by atoms with van der Waals surface area (Å²) in [4.78, 5) is 36.1. The quantitative estimate of drug-likeness (QED) is 0.592. The van der Waals surface area contributed by atoms with E-state index in [1.807, 2.05) is 0 Å². The van der Waals surface area contributed by atoms with Crippen molar-refractivity contribution < 1.29 is 9.18 Å². The summed E-state index contributed by atoms with van der Waals surface area (Å²) < 4.78 is 13.8. The van der Waals surface area contributed by atoms with Crippen molar-refractivity contribution in [2.45, 2.75) is 6.54 Å². The number of carbonyl (C=O) groups excluding carboxylic acids is 1. The number of rotatable bonds is 3. The zero-order chi connectivity index (χ0) is 17.6. The Morgan fingerprint density at radius 2 is 2.12 bits per heavy atom. The molecule has 8 heteroatoms. The Hall–Kier alpha value is -3.00. The largest absolute Gasteiger partial charge is 0.351 e. The van der Waals surface area contributed by atoms with Gasteiger partial charge in [0.1, 0.15) is 22.0 Å². The number of hydrogen-bond donors (Lipinski definition) is 2. The summed E-state index contributed by atoms with van der Waals surface area (Å²) >= 11 is 1.33. The van der Waals surface area contributed by atoms with Gasteiger partial charge >= 0.3 is 0 Å². The Kier molecular flexibility index (Phi) is 3.61. The third kappa shape index (κ3) is 2.80. The highest BCUT2D eigenvalue weighted by Crippen LogP contribution is 2.18. The van der Waals surface area contributed by atoms with E-state index in [4.69, 9.17) is 0 Å². The van der Waals surface area contributed by atoms with Gasteiger partial charge in [0.2, 0.25) is 0 Å². The summed E-state index contributed by atoms with van der Waals surface area (Å²) in [7, 11) is 1.62. The van der Waals surface area contributed by atoms with Gasteiger partial charge in [0.25, 0.3) is 11.5 Å². The number of aromatic amines is 2. The van der Waals surface area contributed by atoms with Crippen molar-refractivity contribution in [1.29, 1.82) is 0 Å². The van der Waals surface area contributed by atoms with E-state index >= 15 is 0 Å². The van der Waals surface area contributed by atoms with E-state index in [9.17, 15) is 14.0 Å². The number of fused-ring (bicyclic) bond motifs is 2. The van der Waals surface area contributed by atoms with Crippen LogP contribution in [0.4, 0.5) is 4.39 Å².